The second kappa shape index (κ2) is 9.57. The summed E-state index contributed by atoms with van der Waals surface area (Å²) in [6.45, 7) is 1.59. The number of ether oxygens (including phenoxy) is 1. The third-order valence-corrected chi connectivity index (χ3v) is 4.39. The van der Waals surface area contributed by atoms with Crippen molar-refractivity contribution in [2.75, 3.05) is 25.5 Å². The molecule has 146 valence electrons. The normalized spacial score (nSPS) is 10.5. The first-order valence-electron chi connectivity index (χ1n) is 9.17. The number of nitrogens with two attached hydrogens (primary N) is 1. The summed E-state index contributed by atoms with van der Waals surface area (Å²) in [5, 5.41) is 9.71. The molecule has 0 radical (unpaired) electrons. The number of amides is 2. The minimum atomic E-state index is -0.160. The first kappa shape index (κ1) is 19.4. The van der Waals surface area contributed by atoms with Crippen molar-refractivity contribution in [2.24, 2.45) is 5.73 Å². The Kier molecular flexibility index (Phi) is 6.64. The van der Waals surface area contributed by atoms with Gasteiger partial charge in [0.15, 0.2) is 0 Å². The van der Waals surface area contributed by atoms with E-state index in [1.807, 2.05) is 54.7 Å². The molecule has 0 saturated carbocycles. The number of methoxy groups -OCH3 is 1. The van der Waals surface area contributed by atoms with Crippen LogP contribution in [0.1, 0.15) is 12.0 Å². The molecule has 3 aromatic rings. The molecular formula is C21H25N5O2. The van der Waals surface area contributed by atoms with E-state index in [2.05, 4.69) is 15.5 Å². The zero-order chi connectivity index (χ0) is 19.8. The number of carbonyl (C=O) groups excluding carboxylic acids is 1. The van der Waals surface area contributed by atoms with E-state index in [9.17, 15) is 4.79 Å². The van der Waals surface area contributed by atoms with Crippen LogP contribution in [0, 0.1) is 0 Å². The minimum absolute atomic E-state index is 0.160. The van der Waals surface area contributed by atoms with Crippen LogP contribution < -0.4 is 15.8 Å². The molecule has 7 heteroatoms. The average molecular weight is 379 g/mol. The monoisotopic (exact) mass is 379 g/mol. The highest BCUT2D eigenvalue weighted by atomic mass is 16.5. The van der Waals surface area contributed by atoms with Gasteiger partial charge in [-0.3, -0.25) is 5.10 Å². The molecule has 0 bridgehead atoms. The van der Waals surface area contributed by atoms with E-state index in [1.165, 1.54) is 0 Å². The zero-order valence-corrected chi connectivity index (χ0v) is 15.9. The van der Waals surface area contributed by atoms with Crippen molar-refractivity contribution < 1.29 is 9.53 Å². The van der Waals surface area contributed by atoms with Crippen LogP contribution in [0.3, 0.4) is 0 Å². The maximum Gasteiger partial charge on any atom is 0.322 e. The van der Waals surface area contributed by atoms with E-state index >= 15 is 0 Å². The third-order valence-electron chi connectivity index (χ3n) is 4.39. The molecule has 0 aliphatic carbocycles. The molecule has 1 heterocycles. The van der Waals surface area contributed by atoms with Crippen molar-refractivity contribution in [3.05, 3.63) is 66.5 Å². The molecule has 3 rings (SSSR count). The van der Waals surface area contributed by atoms with Crippen molar-refractivity contribution in [2.45, 2.75) is 13.0 Å². The zero-order valence-electron chi connectivity index (χ0n) is 15.9. The lowest BCUT2D eigenvalue weighted by Gasteiger charge is -2.23. The fraction of sp³-hybridized carbons (Fsp3) is 0.238. The Bertz CT molecular complexity index is 878. The number of urea groups is 1. The maximum atomic E-state index is 12.8. The van der Waals surface area contributed by atoms with E-state index in [-0.39, 0.29) is 6.03 Å². The molecule has 0 aliphatic heterocycles. The topological polar surface area (TPSA) is 96.3 Å². The van der Waals surface area contributed by atoms with Crippen LogP contribution >= 0.6 is 0 Å². The number of rotatable bonds is 8. The number of hydrogen-bond acceptors (Lipinski definition) is 4. The molecule has 2 amide bonds. The number of aromatic amines is 1. The van der Waals surface area contributed by atoms with Gasteiger partial charge in [-0.2, -0.15) is 5.10 Å². The molecule has 0 saturated heterocycles. The van der Waals surface area contributed by atoms with Gasteiger partial charge in [0.1, 0.15) is 5.75 Å². The molecule has 7 nitrogen and oxygen atoms in total. The van der Waals surface area contributed by atoms with Crippen LogP contribution in [0.4, 0.5) is 10.5 Å². The number of benzene rings is 2. The Labute approximate surface area is 164 Å². The van der Waals surface area contributed by atoms with E-state index < -0.39 is 0 Å². The fourth-order valence-electron chi connectivity index (χ4n) is 2.88. The second-order valence-corrected chi connectivity index (χ2v) is 6.41. The molecule has 4 N–H and O–H groups in total. The number of anilines is 1. The van der Waals surface area contributed by atoms with Crippen LogP contribution in [-0.2, 0) is 6.54 Å². The number of aromatic nitrogens is 2. The molecule has 0 atom stereocenters. The van der Waals surface area contributed by atoms with Gasteiger partial charge in [-0.1, -0.05) is 24.3 Å². The summed E-state index contributed by atoms with van der Waals surface area (Å²) in [4.78, 5) is 14.6. The van der Waals surface area contributed by atoms with Crippen LogP contribution in [0.25, 0.3) is 11.1 Å². The molecule has 0 aliphatic rings. The van der Waals surface area contributed by atoms with Crippen LogP contribution in [0.2, 0.25) is 0 Å². The van der Waals surface area contributed by atoms with Gasteiger partial charge in [-0.25, -0.2) is 4.79 Å². The van der Waals surface area contributed by atoms with Gasteiger partial charge < -0.3 is 20.7 Å². The van der Waals surface area contributed by atoms with Crippen molar-refractivity contribution >= 4 is 11.7 Å². The highest BCUT2D eigenvalue weighted by Crippen LogP contribution is 2.21. The molecule has 0 fully saturated rings. The summed E-state index contributed by atoms with van der Waals surface area (Å²) in [5.74, 6) is 0.770. The van der Waals surface area contributed by atoms with E-state index in [4.69, 9.17) is 10.5 Å². The predicted molar refractivity (Wildman–Crippen MR) is 110 cm³/mol. The molecule has 2 aromatic carbocycles. The summed E-state index contributed by atoms with van der Waals surface area (Å²) in [7, 11) is 1.63. The molecule has 1 aromatic heterocycles. The van der Waals surface area contributed by atoms with E-state index in [1.54, 1.807) is 18.2 Å². The Hall–Kier alpha value is -3.32. The van der Waals surface area contributed by atoms with Crippen LogP contribution in [0.5, 0.6) is 5.75 Å². The Balaban J connectivity index is 1.68. The fourth-order valence-corrected chi connectivity index (χ4v) is 2.88. The molecule has 28 heavy (non-hydrogen) atoms. The Morgan fingerprint density at radius 3 is 2.71 bits per heavy atom. The third kappa shape index (κ3) is 5.11. The highest BCUT2D eigenvalue weighted by Gasteiger charge is 2.14. The van der Waals surface area contributed by atoms with Gasteiger partial charge in [0.2, 0.25) is 0 Å². The number of nitrogens with one attached hydrogen (secondary N) is 2. The Morgan fingerprint density at radius 2 is 2.04 bits per heavy atom. The first-order chi connectivity index (χ1) is 13.7. The standard InChI is InChI=1S/C21H25N5O2/c1-28-20-5-2-4-16(12-20)15-26(11-3-10-22)21(27)25-19-8-6-17(7-9-19)18-13-23-24-14-18/h2,4-9,12-14H,3,10-11,15,22H2,1H3,(H,23,24)(H,25,27). The lowest BCUT2D eigenvalue weighted by Crippen LogP contribution is -2.36. The second-order valence-electron chi connectivity index (χ2n) is 6.41. The number of hydrogen-bond donors (Lipinski definition) is 3. The van der Waals surface area contributed by atoms with Gasteiger partial charge in [-0.05, 0) is 48.4 Å². The highest BCUT2D eigenvalue weighted by molar-refractivity contribution is 5.89. The van der Waals surface area contributed by atoms with Gasteiger partial charge >= 0.3 is 6.03 Å². The Morgan fingerprint density at radius 1 is 1.21 bits per heavy atom. The summed E-state index contributed by atoms with van der Waals surface area (Å²) in [6.07, 6.45) is 4.32. The predicted octanol–water partition coefficient (Wildman–Crippen LogP) is 3.47. The minimum Gasteiger partial charge on any atom is -0.497 e. The van der Waals surface area contributed by atoms with Crippen molar-refractivity contribution in [3.63, 3.8) is 0 Å². The van der Waals surface area contributed by atoms with Crippen molar-refractivity contribution in [1.82, 2.24) is 15.1 Å². The smallest absolute Gasteiger partial charge is 0.322 e. The summed E-state index contributed by atoms with van der Waals surface area (Å²) >= 11 is 0. The van der Waals surface area contributed by atoms with Crippen molar-refractivity contribution in [3.8, 4) is 16.9 Å². The van der Waals surface area contributed by atoms with Crippen LogP contribution in [0.15, 0.2) is 60.9 Å². The quantitative estimate of drug-likeness (QED) is 0.558. The van der Waals surface area contributed by atoms with E-state index in [0.29, 0.717) is 19.6 Å². The summed E-state index contributed by atoms with van der Waals surface area (Å²) < 4.78 is 5.27. The maximum absolute atomic E-state index is 12.8. The molecule has 0 unspecified atom stereocenters. The average Bonchev–Trinajstić information content (AvgIpc) is 3.26. The first-order valence-corrected chi connectivity index (χ1v) is 9.17. The van der Waals surface area contributed by atoms with Crippen LogP contribution in [-0.4, -0.2) is 41.3 Å². The number of nitrogens with zero attached hydrogens (tertiary/aromatic N) is 2. The van der Waals surface area contributed by atoms with Gasteiger partial charge in [0.05, 0.1) is 13.3 Å². The lowest BCUT2D eigenvalue weighted by atomic mass is 10.1. The molecular weight excluding hydrogens is 354 g/mol. The van der Waals surface area contributed by atoms with Gasteiger partial charge in [0, 0.05) is 30.5 Å². The van der Waals surface area contributed by atoms with Crippen molar-refractivity contribution in [1.29, 1.82) is 0 Å². The summed E-state index contributed by atoms with van der Waals surface area (Å²) in [6, 6.07) is 15.2. The molecule has 0 spiro atoms. The number of carbonyl (C=O) groups is 1. The number of H-pyrrole nitrogens is 1. The SMILES string of the molecule is COc1cccc(CN(CCCN)C(=O)Nc2ccc(-c3cn[nH]c3)cc2)c1. The van der Waals surface area contributed by atoms with E-state index in [0.717, 1.165) is 34.5 Å². The van der Waals surface area contributed by atoms with Gasteiger partial charge in [-0.15, -0.1) is 0 Å². The van der Waals surface area contributed by atoms with Gasteiger partial charge in [0.25, 0.3) is 0 Å². The lowest BCUT2D eigenvalue weighted by molar-refractivity contribution is 0.208. The largest absolute Gasteiger partial charge is 0.497 e. The summed E-state index contributed by atoms with van der Waals surface area (Å²) in [5.41, 5.74) is 9.42.